The Hall–Kier alpha value is -2.26. The van der Waals surface area contributed by atoms with Gasteiger partial charge in [-0.15, -0.1) is 0 Å². The molecule has 1 saturated heterocycles. The van der Waals surface area contributed by atoms with Gasteiger partial charge in [0, 0.05) is 12.3 Å². The zero-order valence-electron chi connectivity index (χ0n) is 12.7. The number of hydrogen-bond donors (Lipinski definition) is 3. The number of nitrogens with zero attached hydrogens (tertiary/aromatic N) is 2. The molecule has 0 spiro atoms. The molecule has 0 saturated carbocycles. The minimum absolute atomic E-state index is 0.0775. The summed E-state index contributed by atoms with van der Waals surface area (Å²) in [4.78, 5) is 24.7. The lowest BCUT2D eigenvalue weighted by molar-refractivity contribution is -0.0555. The van der Waals surface area contributed by atoms with Gasteiger partial charge in [-0.05, 0) is 5.56 Å². The summed E-state index contributed by atoms with van der Waals surface area (Å²) >= 11 is 0. The summed E-state index contributed by atoms with van der Waals surface area (Å²) in [7, 11) is 0. The van der Waals surface area contributed by atoms with E-state index < -0.39 is 42.4 Å². The molecular weight excluding hydrogens is 316 g/mol. The monoisotopic (exact) mass is 334 g/mol. The molecule has 8 nitrogen and oxygen atoms in total. The highest BCUT2D eigenvalue weighted by Gasteiger charge is 2.43. The SMILES string of the molecule is O=c1ccn(C2O[C@H](CO)[C@@H](O)[C@H]2O)c(=O)n1Cc1ccccc1. The minimum Gasteiger partial charge on any atom is -0.394 e. The lowest BCUT2D eigenvalue weighted by atomic mass is 10.1. The van der Waals surface area contributed by atoms with E-state index in [1.165, 1.54) is 12.3 Å². The van der Waals surface area contributed by atoms with Crippen LogP contribution in [-0.4, -0.2) is 49.4 Å². The molecule has 1 aliphatic heterocycles. The third-order valence-electron chi connectivity index (χ3n) is 4.07. The number of aliphatic hydroxyl groups excluding tert-OH is 3. The van der Waals surface area contributed by atoms with E-state index in [-0.39, 0.29) is 6.54 Å². The number of benzene rings is 1. The molecule has 1 fully saturated rings. The molecule has 1 unspecified atom stereocenters. The van der Waals surface area contributed by atoms with Crippen molar-refractivity contribution in [2.45, 2.75) is 31.1 Å². The molecule has 4 atom stereocenters. The van der Waals surface area contributed by atoms with Gasteiger partial charge in [0.05, 0.1) is 13.2 Å². The normalized spacial score (nSPS) is 26.6. The van der Waals surface area contributed by atoms with Crippen molar-refractivity contribution in [2.75, 3.05) is 6.61 Å². The molecule has 24 heavy (non-hydrogen) atoms. The molecule has 1 aliphatic rings. The quantitative estimate of drug-likeness (QED) is 0.638. The number of aliphatic hydroxyl groups is 3. The third kappa shape index (κ3) is 2.92. The lowest BCUT2D eigenvalue weighted by Gasteiger charge is -2.18. The summed E-state index contributed by atoms with van der Waals surface area (Å²) in [5.74, 6) is 0. The molecule has 0 radical (unpaired) electrons. The molecule has 3 rings (SSSR count). The van der Waals surface area contributed by atoms with E-state index in [2.05, 4.69) is 0 Å². The number of aromatic nitrogens is 2. The smallest absolute Gasteiger partial charge is 0.333 e. The van der Waals surface area contributed by atoms with Crippen molar-refractivity contribution < 1.29 is 20.1 Å². The van der Waals surface area contributed by atoms with Crippen LogP contribution in [0.3, 0.4) is 0 Å². The Kier molecular flexibility index (Phi) is 4.63. The summed E-state index contributed by atoms with van der Waals surface area (Å²) in [6.45, 7) is -0.415. The van der Waals surface area contributed by atoms with Crippen LogP contribution in [-0.2, 0) is 11.3 Å². The molecule has 2 heterocycles. The van der Waals surface area contributed by atoms with E-state index in [0.29, 0.717) is 0 Å². The molecule has 1 aromatic heterocycles. The van der Waals surface area contributed by atoms with Gasteiger partial charge in [-0.25, -0.2) is 4.79 Å². The van der Waals surface area contributed by atoms with Crippen molar-refractivity contribution in [2.24, 2.45) is 0 Å². The molecule has 0 bridgehead atoms. The van der Waals surface area contributed by atoms with Crippen molar-refractivity contribution in [1.29, 1.82) is 0 Å². The first-order valence-corrected chi connectivity index (χ1v) is 7.51. The van der Waals surface area contributed by atoms with Gasteiger partial charge in [-0.1, -0.05) is 30.3 Å². The van der Waals surface area contributed by atoms with Gasteiger partial charge in [-0.2, -0.15) is 0 Å². The van der Waals surface area contributed by atoms with E-state index >= 15 is 0 Å². The van der Waals surface area contributed by atoms with Crippen molar-refractivity contribution >= 4 is 0 Å². The van der Waals surface area contributed by atoms with Crippen LogP contribution in [0.15, 0.2) is 52.2 Å². The highest BCUT2D eigenvalue weighted by molar-refractivity contribution is 5.15. The Balaban J connectivity index is 1.98. The Morgan fingerprint density at radius 3 is 2.38 bits per heavy atom. The predicted molar refractivity (Wildman–Crippen MR) is 83.5 cm³/mol. The van der Waals surface area contributed by atoms with Crippen LogP contribution >= 0.6 is 0 Å². The van der Waals surface area contributed by atoms with Crippen molar-refractivity contribution in [1.82, 2.24) is 9.13 Å². The van der Waals surface area contributed by atoms with Gasteiger partial charge in [0.2, 0.25) is 0 Å². The van der Waals surface area contributed by atoms with Crippen LogP contribution in [0, 0.1) is 0 Å². The van der Waals surface area contributed by atoms with E-state index in [0.717, 1.165) is 14.7 Å². The third-order valence-corrected chi connectivity index (χ3v) is 4.07. The Bertz CT molecular complexity index is 815. The second kappa shape index (κ2) is 6.70. The van der Waals surface area contributed by atoms with Crippen LogP contribution in [0.2, 0.25) is 0 Å². The second-order valence-corrected chi connectivity index (χ2v) is 5.64. The Morgan fingerprint density at radius 2 is 1.75 bits per heavy atom. The first-order valence-electron chi connectivity index (χ1n) is 7.51. The zero-order chi connectivity index (χ0) is 17.3. The first kappa shape index (κ1) is 16.6. The topological polar surface area (TPSA) is 114 Å². The van der Waals surface area contributed by atoms with Gasteiger partial charge in [0.15, 0.2) is 6.23 Å². The van der Waals surface area contributed by atoms with Gasteiger partial charge in [0.1, 0.15) is 18.3 Å². The van der Waals surface area contributed by atoms with Crippen LogP contribution in [0.1, 0.15) is 11.8 Å². The van der Waals surface area contributed by atoms with Gasteiger partial charge in [0.25, 0.3) is 5.56 Å². The summed E-state index contributed by atoms with van der Waals surface area (Å²) in [5.41, 5.74) is -0.372. The van der Waals surface area contributed by atoms with Crippen molar-refractivity contribution in [3.8, 4) is 0 Å². The lowest BCUT2D eigenvalue weighted by Crippen LogP contribution is -2.43. The zero-order valence-corrected chi connectivity index (χ0v) is 12.7. The number of rotatable bonds is 4. The highest BCUT2D eigenvalue weighted by atomic mass is 16.6. The fourth-order valence-corrected chi connectivity index (χ4v) is 2.75. The van der Waals surface area contributed by atoms with E-state index in [4.69, 9.17) is 9.84 Å². The maximum absolute atomic E-state index is 12.6. The van der Waals surface area contributed by atoms with Crippen LogP contribution < -0.4 is 11.2 Å². The largest absolute Gasteiger partial charge is 0.394 e. The fraction of sp³-hybridized carbons (Fsp3) is 0.375. The number of ether oxygens (including phenoxy) is 1. The average Bonchev–Trinajstić information content (AvgIpc) is 2.88. The van der Waals surface area contributed by atoms with Crippen LogP contribution in [0.25, 0.3) is 0 Å². The standard InChI is InChI=1S/C16H18N2O6/c19-9-11-13(21)14(22)15(24-11)17-7-6-12(20)18(16(17)23)8-10-4-2-1-3-5-10/h1-7,11,13-15,19,21-22H,8-9H2/t11-,13-,14-,15?/m1/s1. The average molecular weight is 334 g/mol. The Morgan fingerprint density at radius 1 is 1.04 bits per heavy atom. The molecule has 3 N–H and O–H groups in total. The van der Waals surface area contributed by atoms with Gasteiger partial charge >= 0.3 is 5.69 Å². The summed E-state index contributed by atoms with van der Waals surface area (Å²) < 4.78 is 7.41. The second-order valence-electron chi connectivity index (χ2n) is 5.64. The first-order chi connectivity index (χ1) is 11.5. The molecule has 1 aromatic carbocycles. The molecular formula is C16H18N2O6. The maximum atomic E-state index is 12.6. The molecule has 128 valence electrons. The van der Waals surface area contributed by atoms with E-state index in [1.807, 2.05) is 6.07 Å². The van der Waals surface area contributed by atoms with Crippen LogP contribution in [0.5, 0.6) is 0 Å². The number of hydrogen-bond acceptors (Lipinski definition) is 6. The highest BCUT2D eigenvalue weighted by Crippen LogP contribution is 2.27. The van der Waals surface area contributed by atoms with Gasteiger partial charge in [-0.3, -0.25) is 13.9 Å². The summed E-state index contributed by atoms with van der Waals surface area (Å²) in [6.07, 6.45) is -3.66. The Labute approximate surface area is 136 Å². The molecule has 2 aromatic rings. The maximum Gasteiger partial charge on any atom is 0.333 e. The van der Waals surface area contributed by atoms with Crippen molar-refractivity contribution in [3.63, 3.8) is 0 Å². The van der Waals surface area contributed by atoms with Crippen LogP contribution in [0.4, 0.5) is 0 Å². The summed E-state index contributed by atoms with van der Waals surface area (Å²) in [6, 6.07) is 10.2. The van der Waals surface area contributed by atoms with Gasteiger partial charge < -0.3 is 20.1 Å². The van der Waals surface area contributed by atoms with E-state index in [9.17, 15) is 19.8 Å². The molecule has 0 amide bonds. The summed E-state index contributed by atoms with van der Waals surface area (Å²) in [5, 5.41) is 29.0. The molecule has 8 heteroatoms. The predicted octanol–water partition coefficient (Wildman–Crippen LogP) is -1.33. The van der Waals surface area contributed by atoms with Crippen molar-refractivity contribution in [3.05, 3.63) is 69.0 Å². The minimum atomic E-state index is -1.39. The molecule has 0 aliphatic carbocycles. The fourth-order valence-electron chi connectivity index (χ4n) is 2.75. The van der Waals surface area contributed by atoms with E-state index in [1.54, 1.807) is 24.3 Å².